The van der Waals surface area contributed by atoms with Crippen molar-refractivity contribution in [2.24, 2.45) is 0 Å². The van der Waals surface area contributed by atoms with Crippen LogP contribution in [0.15, 0.2) is 0 Å². The highest BCUT2D eigenvalue weighted by atomic mass is 16.2. The van der Waals surface area contributed by atoms with Gasteiger partial charge < -0.3 is 9.88 Å². The molecule has 0 unspecified atom stereocenters. The van der Waals surface area contributed by atoms with Gasteiger partial charge in [0.1, 0.15) is 11.5 Å². The zero-order chi connectivity index (χ0) is 11.4. The van der Waals surface area contributed by atoms with Gasteiger partial charge in [0.2, 0.25) is 0 Å². The molecule has 0 aliphatic rings. The van der Waals surface area contributed by atoms with Crippen LogP contribution >= 0.6 is 0 Å². The molecule has 4 nitrogen and oxygen atoms in total. The zero-order valence-electron chi connectivity index (χ0n) is 9.92. The molecule has 0 saturated carbocycles. The van der Waals surface area contributed by atoms with Crippen LogP contribution in [-0.2, 0) is 12.8 Å². The molecule has 0 aliphatic heterocycles. The highest BCUT2D eigenvalue weighted by molar-refractivity contribution is 5.93. The maximum absolute atomic E-state index is 11.8. The molecule has 0 atom stereocenters. The number of hydrogen-bond acceptors (Lipinski definition) is 2. The van der Waals surface area contributed by atoms with Gasteiger partial charge in [-0.3, -0.25) is 4.79 Å². The molecule has 1 aromatic rings. The van der Waals surface area contributed by atoms with Crippen LogP contribution in [-0.4, -0.2) is 34.9 Å². The minimum atomic E-state index is -0.0227. The predicted molar refractivity (Wildman–Crippen MR) is 60.0 cm³/mol. The van der Waals surface area contributed by atoms with E-state index < -0.39 is 0 Å². The molecular weight excluding hydrogens is 190 g/mol. The van der Waals surface area contributed by atoms with E-state index in [1.165, 1.54) is 0 Å². The van der Waals surface area contributed by atoms with E-state index in [1.807, 2.05) is 6.92 Å². The molecule has 1 aromatic heterocycles. The summed E-state index contributed by atoms with van der Waals surface area (Å²) in [6.07, 6.45) is 2.74. The van der Waals surface area contributed by atoms with Gasteiger partial charge in [-0.05, 0) is 12.8 Å². The average Bonchev–Trinajstić information content (AvgIpc) is 2.60. The molecule has 0 aliphatic carbocycles. The molecule has 0 aromatic carbocycles. The number of nitrogens with one attached hydrogen (secondary N) is 1. The lowest BCUT2D eigenvalue weighted by Gasteiger charge is -2.08. The normalized spacial score (nSPS) is 10.4. The molecule has 0 fully saturated rings. The summed E-state index contributed by atoms with van der Waals surface area (Å²) in [6, 6.07) is 0. The lowest BCUT2D eigenvalue weighted by atomic mass is 10.2. The minimum absolute atomic E-state index is 0.0227. The highest BCUT2D eigenvalue weighted by Gasteiger charge is 2.17. The number of aryl methyl sites for hydroxylation is 2. The Morgan fingerprint density at radius 3 is 2.53 bits per heavy atom. The first kappa shape index (κ1) is 11.8. The first-order valence-corrected chi connectivity index (χ1v) is 5.39. The van der Waals surface area contributed by atoms with E-state index in [4.69, 9.17) is 0 Å². The first-order valence-electron chi connectivity index (χ1n) is 5.39. The van der Waals surface area contributed by atoms with Gasteiger partial charge in [0.15, 0.2) is 0 Å². The Kier molecular flexibility index (Phi) is 3.88. The predicted octanol–water partition coefficient (Wildman–Crippen LogP) is 1.63. The lowest BCUT2D eigenvalue weighted by molar-refractivity contribution is 0.0821. The smallest absolute Gasteiger partial charge is 0.273 e. The van der Waals surface area contributed by atoms with Crippen molar-refractivity contribution in [2.75, 3.05) is 14.1 Å². The molecule has 1 rings (SSSR count). The highest BCUT2D eigenvalue weighted by Crippen LogP contribution is 2.10. The Morgan fingerprint density at radius 2 is 2.07 bits per heavy atom. The summed E-state index contributed by atoms with van der Waals surface area (Å²) in [5, 5.41) is 0. The van der Waals surface area contributed by atoms with E-state index in [9.17, 15) is 4.79 Å². The molecule has 1 heterocycles. The van der Waals surface area contributed by atoms with E-state index in [0.717, 1.165) is 30.8 Å². The van der Waals surface area contributed by atoms with Gasteiger partial charge in [-0.2, -0.15) is 0 Å². The maximum Gasteiger partial charge on any atom is 0.273 e. The summed E-state index contributed by atoms with van der Waals surface area (Å²) in [5.74, 6) is 0.894. The van der Waals surface area contributed by atoms with Gasteiger partial charge in [0, 0.05) is 26.2 Å². The van der Waals surface area contributed by atoms with Crippen LogP contribution in [0.2, 0.25) is 0 Å². The third kappa shape index (κ3) is 2.58. The number of carbonyl (C=O) groups is 1. The van der Waals surface area contributed by atoms with E-state index in [0.29, 0.717) is 5.69 Å². The number of imidazole rings is 1. The lowest BCUT2D eigenvalue weighted by Crippen LogP contribution is -2.23. The number of aromatic nitrogens is 2. The van der Waals surface area contributed by atoms with Crippen molar-refractivity contribution in [1.29, 1.82) is 0 Å². The van der Waals surface area contributed by atoms with Crippen LogP contribution < -0.4 is 0 Å². The number of carbonyl (C=O) groups excluding carboxylic acids is 1. The largest absolute Gasteiger partial charge is 0.345 e. The summed E-state index contributed by atoms with van der Waals surface area (Å²) in [4.78, 5) is 20.9. The van der Waals surface area contributed by atoms with Crippen molar-refractivity contribution < 1.29 is 4.79 Å². The first-order chi connectivity index (χ1) is 7.10. The number of hydrogen-bond donors (Lipinski definition) is 1. The quantitative estimate of drug-likeness (QED) is 0.819. The molecule has 84 valence electrons. The Morgan fingerprint density at radius 1 is 1.40 bits per heavy atom. The molecule has 1 N–H and O–H groups in total. The monoisotopic (exact) mass is 209 g/mol. The van der Waals surface area contributed by atoms with Crippen LogP contribution in [0.1, 0.15) is 42.3 Å². The number of nitrogens with zero attached hydrogens (tertiary/aromatic N) is 2. The van der Waals surface area contributed by atoms with Crippen molar-refractivity contribution in [3.8, 4) is 0 Å². The van der Waals surface area contributed by atoms with Gasteiger partial charge in [-0.25, -0.2) is 4.98 Å². The van der Waals surface area contributed by atoms with E-state index in [1.54, 1.807) is 19.0 Å². The number of H-pyrrole nitrogens is 1. The molecule has 0 spiro atoms. The molecule has 0 radical (unpaired) electrons. The molecule has 0 saturated heterocycles. The van der Waals surface area contributed by atoms with E-state index in [-0.39, 0.29) is 5.91 Å². The van der Waals surface area contributed by atoms with Crippen LogP contribution in [0.3, 0.4) is 0 Å². The Labute approximate surface area is 90.7 Å². The SMILES string of the molecule is CCCc1nc(C(=O)N(C)C)c(CC)[nH]1. The Bertz CT molecular complexity index is 342. The second kappa shape index (κ2) is 4.96. The van der Waals surface area contributed by atoms with Crippen LogP contribution in [0.5, 0.6) is 0 Å². The van der Waals surface area contributed by atoms with Crippen LogP contribution in [0, 0.1) is 0 Å². The van der Waals surface area contributed by atoms with Crippen molar-refractivity contribution in [1.82, 2.24) is 14.9 Å². The maximum atomic E-state index is 11.8. The van der Waals surface area contributed by atoms with E-state index in [2.05, 4.69) is 16.9 Å². The third-order valence-electron chi connectivity index (χ3n) is 2.28. The van der Waals surface area contributed by atoms with Gasteiger partial charge in [-0.15, -0.1) is 0 Å². The summed E-state index contributed by atoms with van der Waals surface area (Å²) < 4.78 is 0. The van der Waals surface area contributed by atoms with Crippen molar-refractivity contribution >= 4 is 5.91 Å². The molecule has 0 bridgehead atoms. The number of rotatable bonds is 4. The van der Waals surface area contributed by atoms with E-state index >= 15 is 0 Å². The molecule has 4 heteroatoms. The fourth-order valence-corrected chi connectivity index (χ4v) is 1.46. The third-order valence-corrected chi connectivity index (χ3v) is 2.28. The standard InChI is InChI=1S/C11H19N3O/c1-5-7-9-12-8(6-2)10(13-9)11(15)14(3)4/h5-7H2,1-4H3,(H,12,13). The molecule has 1 amide bonds. The summed E-state index contributed by atoms with van der Waals surface area (Å²) in [6.45, 7) is 4.12. The molecular formula is C11H19N3O. The number of aromatic amines is 1. The van der Waals surface area contributed by atoms with Gasteiger partial charge >= 0.3 is 0 Å². The van der Waals surface area contributed by atoms with Gasteiger partial charge in [0.25, 0.3) is 5.91 Å². The summed E-state index contributed by atoms with van der Waals surface area (Å²) in [5.41, 5.74) is 1.52. The van der Waals surface area contributed by atoms with Crippen molar-refractivity contribution in [2.45, 2.75) is 33.1 Å². The van der Waals surface area contributed by atoms with Crippen molar-refractivity contribution in [3.63, 3.8) is 0 Å². The van der Waals surface area contributed by atoms with Crippen LogP contribution in [0.4, 0.5) is 0 Å². The summed E-state index contributed by atoms with van der Waals surface area (Å²) >= 11 is 0. The van der Waals surface area contributed by atoms with Gasteiger partial charge in [-0.1, -0.05) is 13.8 Å². The Balaban J connectivity index is 2.99. The van der Waals surface area contributed by atoms with Crippen molar-refractivity contribution in [3.05, 3.63) is 17.2 Å². The van der Waals surface area contributed by atoms with Gasteiger partial charge in [0.05, 0.1) is 0 Å². The minimum Gasteiger partial charge on any atom is -0.345 e. The second-order valence-electron chi connectivity index (χ2n) is 3.81. The number of amides is 1. The topological polar surface area (TPSA) is 49.0 Å². The van der Waals surface area contributed by atoms with Crippen LogP contribution in [0.25, 0.3) is 0 Å². The Hall–Kier alpha value is -1.32. The molecule has 15 heavy (non-hydrogen) atoms. The average molecular weight is 209 g/mol. The fourth-order valence-electron chi connectivity index (χ4n) is 1.46. The summed E-state index contributed by atoms with van der Waals surface area (Å²) in [7, 11) is 3.49. The fraction of sp³-hybridized carbons (Fsp3) is 0.636. The second-order valence-corrected chi connectivity index (χ2v) is 3.81. The zero-order valence-corrected chi connectivity index (χ0v) is 9.92.